The lowest BCUT2D eigenvalue weighted by atomic mass is 10.1. The van der Waals surface area contributed by atoms with Crippen LogP contribution < -0.4 is 20.7 Å². The zero-order valence-electron chi connectivity index (χ0n) is 16.7. The third kappa shape index (κ3) is 5.74. The number of rotatable bonds is 8. The van der Waals surface area contributed by atoms with E-state index in [1.807, 2.05) is 7.05 Å². The Morgan fingerprint density at radius 1 is 1.23 bits per heavy atom. The van der Waals surface area contributed by atoms with Crippen LogP contribution in [0.5, 0.6) is 5.75 Å². The van der Waals surface area contributed by atoms with E-state index in [0.717, 1.165) is 19.0 Å². The number of halogens is 4. The maximum absolute atomic E-state index is 14.6. The van der Waals surface area contributed by atoms with Crippen molar-refractivity contribution in [2.24, 2.45) is 0 Å². The second kappa shape index (κ2) is 10.4. The Bertz CT molecular complexity index is 1100. The maximum atomic E-state index is 14.6. The quantitative estimate of drug-likeness (QED) is 0.278. The number of benzene rings is 2. The number of amides is 2. The Balaban J connectivity index is 1.75. The van der Waals surface area contributed by atoms with Gasteiger partial charge >= 0.3 is 6.03 Å². The molecule has 0 saturated heterocycles. The third-order valence-electron chi connectivity index (χ3n) is 4.34. The highest BCUT2D eigenvalue weighted by molar-refractivity contribution is 7.22. The molecular formula is C20H20Cl2F2N4O2S. The summed E-state index contributed by atoms with van der Waals surface area (Å²) in [5.74, 6) is -1.37. The molecule has 0 aliphatic carbocycles. The van der Waals surface area contributed by atoms with E-state index in [1.54, 1.807) is 6.92 Å². The lowest BCUT2D eigenvalue weighted by Crippen LogP contribution is -2.30. The van der Waals surface area contributed by atoms with E-state index in [0.29, 0.717) is 21.9 Å². The van der Waals surface area contributed by atoms with E-state index in [1.165, 1.54) is 29.5 Å². The third-order valence-corrected chi connectivity index (χ3v) is 5.99. The Morgan fingerprint density at radius 3 is 2.74 bits per heavy atom. The van der Waals surface area contributed by atoms with Crippen LogP contribution in [0.15, 0.2) is 24.3 Å². The molecule has 0 aliphatic rings. The first kappa shape index (κ1) is 23.5. The SMILES string of the molecule is CNCCCNC(=O)Nc1nc2cc(F)c(OC(C)c3c(Cl)ccc(F)c3Cl)cc2s1. The van der Waals surface area contributed by atoms with E-state index < -0.39 is 23.8 Å². The van der Waals surface area contributed by atoms with Crippen molar-refractivity contribution < 1.29 is 18.3 Å². The minimum absolute atomic E-state index is 0.0666. The van der Waals surface area contributed by atoms with Gasteiger partial charge in [0.25, 0.3) is 0 Å². The first-order valence-electron chi connectivity index (χ1n) is 9.39. The fourth-order valence-electron chi connectivity index (χ4n) is 2.85. The molecule has 2 aromatic carbocycles. The van der Waals surface area contributed by atoms with Crippen molar-refractivity contribution in [3.05, 3.63) is 51.5 Å². The van der Waals surface area contributed by atoms with Gasteiger partial charge in [0.1, 0.15) is 11.9 Å². The van der Waals surface area contributed by atoms with Crippen LogP contribution in [0.1, 0.15) is 25.0 Å². The highest BCUT2D eigenvalue weighted by atomic mass is 35.5. The summed E-state index contributed by atoms with van der Waals surface area (Å²) in [7, 11) is 1.83. The van der Waals surface area contributed by atoms with Crippen molar-refractivity contribution in [3.63, 3.8) is 0 Å². The first-order valence-corrected chi connectivity index (χ1v) is 11.0. The molecule has 1 heterocycles. The predicted octanol–water partition coefficient (Wildman–Crippen LogP) is 5.75. The maximum Gasteiger partial charge on any atom is 0.321 e. The summed E-state index contributed by atoms with van der Waals surface area (Å²) in [5.41, 5.74) is 0.597. The van der Waals surface area contributed by atoms with Crippen LogP contribution in [-0.2, 0) is 0 Å². The lowest BCUT2D eigenvalue weighted by molar-refractivity contribution is 0.216. The molecule has 3 N–H and O–H groups in total. The standard InChI is InChI=1S/C20H20Cl2F2N4O2S/c1-10(17-11(21)4-5-12(23)18(17)22)30-15-9-16-14(8-13(15)24)27-20(31-16)28-19(29)26-7-3-6-25-2/h4-5,8-10,25H,3,6-7H2,1-2H3,(H2,26,27,28,29). The largest absolute Gasteiger partial charge is 0.483 e. The van der Waals surface area contributed by atoms with E-state index in [4.69, 9.17) is 27.9 Å². The molecule has 3 rings (SSSR count). The molecule has 0 saturated carbocycles. The van der Waals surface area contributed by atoms with Crippen molar-refractivity contribution in [2.45, 2.75) is 19.4 Å². The number of aromatic nitrogens is 1. The molecule has 1 unspecified atom stereocenters. The number of fused-ring (bicyclic) bond motifs is 1. The van der Waals surface area contributed by atoms with Crippen molar-refractivity contribution in [1.29, 1.82) is 0 Å². The number of nitrogens with one attached hydrogen (secondary N) is 3. The van der Waals surface area contributed by atoms with Crippen molar-refractivity contribution in [1.82, 2.24) is 15.6 Å². The topological polar surface area (TPSA) is 75.3 Å². The van der Waals surface area contributed by atoms with Crippen LogP contribution in [-0.4, -0.2) is 31.2 Å². The molecule has 11 heteroatoms. The summed E-state index contributed by atoms with van der Waals surface area (Å²) in [6.07, 6.45) is -0.0238. The minimum atomic E-state index is -0.809. The summed E-state index contributed by atoms with van der Waals surface area (Å²) >= 11 is 13.3. The van der Waals surface area contributed by atoms with Gasteiger partial charge in [0.05, 0.1) is 15.2 Å². The highest BCUT2D eigenvalue weighted by Crippen LogP contribution is 2.37. The number of thiazole rings is 1. The van der Waals surface area contributed by atoms with E-state index >= 15 is 0 Å². The smallest absolute Gasteiger partial charge is 0.321 e. The number of ether oxygens (including phenoxy) is 1. The van der Waals surface area contributed by atoms with Crippen molar-refractivity contribution >= 4 is 55.9 Å². The van der Waals surface area contributed by atoms with Crippen LogP contribution >= 0.6 is 34.5 Å². The monoisotopic (exact) mass is 488 g/mol. The average molecular weight is 489 g/mol. The molecule has 1 aromatic heterocycles. The zero-order chi connectivity index (χ0) is 22.5. The van der Waals surface area contributed by atoms with Crippen LogP contribution in [0.3, 0.4) is 0 Å². The van der Waals surface area contributed by atoms with Crippen LogP contribution in [0, 0.1) is 11.6 Å². The van der Waals surface area contributed by atoms with Gasteiger partial charge in [-0.05, 0) is 39.1 Å². The number of hydrogen-bond acceptors (Lipinski definition) is 5. The van der Waals surface area contributed by atoms with Crippen LogP contribution in [0.4, 0.5) is 18.7 Å². The summed E-state index contributed by atoms with van der Waals surface area (Å²) < 4.78 is 34.7. The summed E-state index contributed by atoms with van der Waals surface area (Å²) in [4.78, 5) is 16.2. The van der Waals surface area contributed by atoms with Gasteiger partial charge in [-0.2, -0.15) is 0 Å². The molecule has 0 radical (unpaired) electrons. The van der Waals surface area contributed by atoms with Crippen molar-refractivity contribution in [3.8, 4) is 5.75 Å². The molecule has 1 atom stereocenters. The van der Waals surface area contributed by atoms with Crippen molar-refractivity contribution in [2.75, 3.05) is 25.5 Å². The normalized spacial score (nSPS) is 12.1. The number of nitrogens with zero attached hydrogens (tertiary/aromatic N) is 1. The molecule has 0 aliphatic heterocycles. The Labute approximate surface area is 191 Å². The van der Waals surface area contributed by atoms with Gasteiger partial charge in [0.15, 0.2) is 16.7 Å². The van der Waals surface area contributed by atoms with Crippen LogP contribution in [0.2, 0.25) is 10.0 Å². The zero-order valence-corrected chi connectivity index (χ0v) is 19.0. The summed E-state index contributed by atoms with van der Waals surface area (Å²) in [6, 6.07) is 4.80. The van der Waals surface area contributed by atoms with E-state index in [9.17, 15) is 13.6 Å². The van der Waals surface area contributed by atoms with Crippen LogP contribution in [0.25, 0.3) is 10.2 Å². The molecule has 0 fully saturated rings. The van der Waals surface area contributed by atoms with Gasteiger partial charge in [0, 0.05) is 29.3 Å². The average Bonchev–Trinajstić information content (AvgIpc) is 3.09. The second-order valence-corrected chi connectivity index (χ2v) is 8.44. The number of hydrogen-bond donors (Lipinski definition) is 3. The van der Waals surface area contributed by atoms with Gasteiger partial charge in [-0.15, -0.1) is 0 Å². The number of carbonyl (C=O) groups excluding carboxylic acids is 1. The first-order chi connectivity index (χ1) is 14.8. The van der Waals surface area contributed by atoms with Gasteiger partial charge < -0.3 is 15.4 Å². The highest BCUT2D eigenvalue weighted by Gasteiger charge is 2.21. The lowest BCUT2D eigenvalue weighted by Gasteiger charge is -2.18. The molecule has 2 amide bonds. The fourth-order valence-corrected chi connectivity index (χ4v) is 4.40. The minimum Gasteiger partial charge on any atom is -0.483 e. The van der Waals surface area contributed by atoms with E-state index in [2.05, 4.69) is 20.9 Å². The Hall–Kier alpha value is -2.20. The summed E-state index contributed by atoms with van der Waals surface area (Å²) in [6.45, 7) is 2.88. The number of anilines is 1. The molecule has 31 heavy (non-hydrogen) atoms. The molecular weight excluding hydrogens is 469 g/mol. The molecule has 0 bridgehead atoms. The second-order valence-electron chi connectivity index (χ2n) is 6.62. The summed E-state index contributed by atoms with van der Waals surface area (Å²) in [5, 5.41) is 8.70. The van der Waals surface area contributed by atoms with Gasteiger partial charge in [-0.3, -0.25) is 5.32 Å². The van der Waals surface area contributed by atoms with E-state index in [-0.39, 0.29) is 21.4 Å². The Morgan fingerprint density at radius 2 is 2.00 bits per heavy atom. The number of urea groups is 1. The Kier molecular flexibility index (Phi) is 7.88. The molecule has 6 nitrogen and oxygen atoms in total. The van der Waals surface area contributed by atoms with Gasteiger partial charge in [-0.1, -0.05) is 34.5 Å². The molecule has 0 spiro atoms. The van der Waals surface area contributed by atoms with Gasteiger partial charge in [-0.25, -0.2) is 18.6 Å². The fraction of sp³-hybridized carbons (Fsp3) is 0.300. The predicted molar refractivity (Wildman–Crippen MR) is 121 cm³/mol. The number of carbonyl (C=O) groups is 1. The molecule has 166 valence electrons. The van der Waals surface area contributed by atoms with Gasteiger partial charge in [0.2, 0.25) is 0 Å². The molecule has 3 aromatic rings.